The van der Waals surface area contributed by atoms with Gasteiger partial charge in [0.05, 0.1) is 6.20 Å². The molecular formula is C11H10FN3O2S. The van der Waals surface area contributed by atoms with E-state index >= 15 is 0 Å². The monoisotopic (exact) mass is 267 g/mol. The van der Waals surface area contributed by atoms with Crippen LogP contribution in [0.2, 0.25) is 0 Å². The summed E-state index contributed by atoms with van der Waals surface area (Å²) in [6.45, 7) is 0.112. The summed E-state index contributed by atoms with van der Waals surface area (Å²) in [6, 6.07) is 4.29. The number of sulfonamides is 1. The highest BCUT2D eigenvalue weighted by Gasteiger charge is 2.14. The number of pyridine rings is 2. The first-order valence-electron chi connectivity index (χ1n) is 5.07. The molecule has 0 atom stereocenters. The Morgan fingerprint density at radius 2 is 1.89 bits per heavy atom. The summed E-state index contributed by atoms with van der Waals surface area (Å²) in [6.07, 6.45) is 5.17. The number of aromatic nitrogens is 2. The molecule has 0 aliphatic heterocycles. The van der Waals surface area contributed by atoms with E-state index in [-0.39, 0.29) is 11.4 Å². The molecule has 0 aliphatic carbocycles. The summed E-state index contributed by atoms with van der Waals surface area (Å²) in [5.74, 6) is -0.693. The van der Waals surface area contributed by atoms with Gasteiger partial charge in [-0.05, 0) is 23.8 Å². The SMILES string of the molecule is O=S(=O)(NCc1ccncc1)c1cncc(F)c1. The third-order valence-corrected chi connectivity index (χ3v) is 3.57. The zero-order valence-electron chi connectivity index (χ0n) is 9.25. The molecule has 2 heterocycles. The maximum Gasteiger partial charge on any atom is 0.242 e. The van der Waals surface area contributed by atoms with Gasteiger partial charge in [0, 0.05) is 25.1 Å². The van der Waals surface area contributed by atoms with Gasteiger partial charge in [0.15, 0.2) is 0 Å². The number of halogens is 1. The topological polar surface area (TPSA) is 72.0 Å². The molecule has 18 heavy (non-hydrogen) atoms. The lowest BCUT2D eigenvalue weighted by atomic mass is 10.3. The summed E-state index contributed by atoms with van der Waals surface area (Å²) in [4.78, 5) is 7.13. The van der Waals surface area contributed by atoms with E-state index in [4.69, 9.17) is 0 Å². The van der Waals surface area contributed by atoms with Crippen LogP contribution in [0.5, 0.6) is 0 Å². The van der Waals surface area contributed by atoms with Crippen molar-refractivity contribution in [2.75, 3.05) is 0 Å². The number of hydrogen-bond acceptors (Lipinski definition) is 4. The minimum Gasteiger partial charge on any atom is -0.265 e. The van der Waals surface area contributed by atoms with E-state index in [0.717, 1.165) is 24.0 Å². The van der Waals surface area contributed by atoms with Crippen LogP contribution in [-0.2, 0) is 16.6 Å². The van der Waals surface area contributed by atoms with Gasteiger partial charge >= 0.3 is 0 Å². The first kappa shape index (κ1) is 12.6. The molecule has 7 heteroatoms. The molecule has 5 nitrogen and oxygen atoms in total. The molecule has 2 rings (SSSR count). The highest BCUT2D eigenvalue weighted by atomic mass is 32.2. The smallest absolute Gasteiger partial charge is 0.242 e. The minimum atomic E-state index is -3.75. The van der Waals surface area contributed by atoms with Crippen molar-refractivity contribution in [3.05, 3.63) is 54.4 Å². The first-order valence-corrected chi connectivity index (χ1v) is 6.55. The molecule has 0 amide bonds. The molecule has 0 radical (unpaired) electrons. The Balaban J connectivity index is 2.13. The van der Waals surface area contributed by atoms with Crippen molar-refractivity contribution < 1.29 is 12.8 Å². The van der Waals surface area contributed by atoms with Crippen molar-refractivity contribution in [3.8, 4) is 0 Å². The third-order valence-electron chi connectivity index (χ3n) is 2.21. The van der Waals surface area contributed by atoms with E-state index < -0.39 is 15.8 Å². The lowest BCUT2D eigenvalue weighted by Crippen LogP contribution is -2.23. The van der Waals surface area contributed by atoms with Gasteiger partial charge in [-0.2, -0.15) is 0 Å². The van der Waals surface area contributed by atoms with E-state index in [1.165, 1.54) is 0 Å². The highest BCUT2D eigenvalue weighted by Crippen LogP contribution is 2.09. The van der Waals surface area contributed by atoms with Gasteiger partial charge in [-0.15, -0.1) is 0 Å². The molecule has 0 saturated heterocycles. The van der Waals surface area contributed by atoms with E-state index in [9.17, 15) is 12.8 Å². The van der Waals surface area contributed by atoms with Crippen LogP contribution in [0.3, 0.4) is 0 Å². The van der Waals surface area contributed by atoms with Gasteiger partial charge in [-0.1, -0.05) is 0 Å². The van der Waals surface area contributed by atoms with Gasteiger partial charge in [0.1, 0.15) is 10.7 Å². The van der Waals surface area contributed by atoms with E-state index in [0.29, 0.717) is 0 Å². The van der Waals surface area contributed by atoms with Gasteiger partial charge in [0.25, 0.3) is 0 Å². The number of rotatable bonds is 4. The Hall–Kier alpha value is -1.86. The summed E-state index contributed by atoms with van der Waals surface area (Å²) < 4.78 is 38.9. The zero-order chi connectivity index (χ0) is 13.0. The molecule has 0 unspecified atom stereocenters. The molecule has 1 N–H and O–H groups in total. The largest absolute Gasteiger partial charge is 0.265 e. The summed E-state index contributed by atoms with van der Waals surface area (Å²) in [5.41, 5.74) is 0.762. The molecule has 2 aromatic heterocycles. The maximum absolute atomic E-state index is 12.9. The van der Waals surface area contributed by atoms with Crippen molar-refractivity contribution in [1.82, 2.24) is 14.7 Å². The third kappa shape index (κ3) is 3.08. The average molecular weight is 267 g/mol. The quantitative estimate of drug-likeness (QED) is 0.900. The van der Waals surface area contributed by atoms with Crippen LogP contribution in [0.25, 0.3) is 0 Å². The van der Waals surface area contributed by atoms with Gasteiger partial charge in [-0.3, -0.25) is 9.97 Å². The second-order valence-corrected chi connectivity index (χ2v) is 5.29. The van der Waals surface area contributed by atoms with Crippen molar-refractivity contribution in [2.45, 2.75) is 11.4 Å². The Morgan fingerprint density at radius 1 is 1.17 bits per heavy atom. The molecule has 2 aromatic rings. The minimum absolute atomic E-state index is 0.112. The molecule has 94 valence electrons. The number of nitrogens with zero attached hydrogens (tertiary/aromatic N) is 2. The number of nitrogens with one attached hydrogen (secondary N) is 1. The maximum atomic E-state index is 12.9. The number of hydrogen-bond donors (Lipinski definition) is 1. The average Bonchev–Trinajstić information content (AvgIpc) is 2.38. The molecular weight excluding hydrogens is 257 g/mol. The fourth-order valence-electron chi connectivity index (χ4n) is 1.30. The van der Waals surface area contributed by atoms with Crippen molar-refractivity contribution in [1.29, 1.82) is 0 Å². The van der Waals surface area contributed by atoms with Gasteiger partial charge in [-0.25, -0.2) is 17.5 Å². The molecule has 0 spiro atoms. The van der Waals surface area contributed by atoms with Gasteiger partial charge in [0.2, 0.25) is 10.0 Å². The Kier molecular flexibility index (Phi) is 3.63. The second-order valence-electron chi connectivity index (χ2n) is 3.52. The van der Waals surface area contributed by atoms with Crippen LogP contribution in [0.15, 0.2) is 47.9 Å². The molecule has 0 aromatic carbocycles. The van der Waals surface area contributed by atoms with Crippen LogP contribution in [-0.4, -0.2) is 18.4 Å². The Labute approximate surface area is 104 Å². The Bertz CT molecular complexity index is 632. The van der Waals surface area contributed by atoms with Crippen LogP contribution in [0.4, 0.5) is 4.39 Å². The van der Waals surface area contributed by atoms with Crippen molar-refractivity contribution in [2.24, 2.45) is 0 Å². The Morgan fingerprint density at radius 3 is 2.56 bits per heavy atom. The first-order chi connectivity index (χ1) is 8.58. The van der Waals surface area contributed by atoms with Crippen LogP contribution < -0.4 is 4.72 Å². The standard InChI is InChI=1S/C11H10FN3O2S/c12-10-5-11(8-14-7-10)18(16,17)15-6-9-1-3-13-4-2-9/h1-5,7-8,15H,6H2. The normalized spacial score (nSPS) is 11.4. The van der Waals surface area contributed by atoms with E-state index in [1.807, 2.05) is 0 Å². The van der Waals surface area contributed by atoms with Crippen LogP contribution in [0, 0.1) is 5.82 Å². The van der Waals surface area contributed by atoms with Crippen LogP contribution in [0.1, 0.15) is 5.56 Å². The zero-order valence-corrected chi connectivity index (χ0v) is 10.1. The van der Waals surface area contributed by atoms with E-state index in [1.54, 1.807) is 24.5 Å². The predicted molar refractivity (Wildman–Crippen MR) is 62.5 cm³/mol. The van der Waals surface area contributed by atoms with Crippen molar-refractivity contribution in [3.63, 3.8) is 0 Å². The van der Waals surface area contributed by atoms with Crippen LogP contribution >= 0.6 is 0 Å². The summed E-state index contributed by atoms with van der Waals surface area (Å²) >= 11 is 0. The summed E-state index contributed by atoms with van der Waals surface area (Å²) in [7, 11) is -3.75. The predicted octanol–water partition coefficient (Wildman–Crippen LogP) is 1.09. The lowest BCUT2D eigenvalue weighted by molar-refractivity contribution is 0.575. The van der Waals surface area contributed by atoms with Crippen molar-refractivity contribution >= 4 is 10.0 Å². The fraction of sp³-hybridized carbons (Fsp3) is 0.0909. The molecule has 0 saturated carbocycles. The van der Waals surface area contributed by atoms with Gasteiger partial charge < -0.3 is 0 Å². The molecule has 0 aliphatic rings. The molecule has 0 fully saturated rings. The summed E-state index contributed by atoms with van der Waals surface area (Å²) in [5, 5.41) is 0. The highest BCUT2D eigenvalue weighted by molar-refractivity contribution is 7.89. The second kappa shape index (κ2) is 5.19. The molecule has 0 bridgehead atoms. The fourth-order valence-corrected chi connectivity index (χ4v) is 2.29. The van der Waals surface area contributed by atoms with E-state index in [2.05, 4.69) is 14.7 Å². The lowest BCUT2D eigenvalue weighted by Gasteiger charge is -2.06.